The van der Waals surface area contributed by atoms with Crippen LogP contribution in [0.4, 0.5) is 0 Å². The highest BCUT2D eigenvalue weighted by molar-refractivity contribution is 5.87. The van der Waals surface area contributed by atoms with Gasteiger partial charge in [-0.2, -0.15) is 0 Å². The summed E-state index contributed by atoms with van der Waals surface area (Å²) in [6.07, 6.45) is 5.21. The number of benzene rings is 1. The summed E-state index contributed by atoms with van der Waals surface area (Å²) in [5.41, 5.74) is 1.97. The van der Waals surface area contributed by atoms with Crippen molar-refractivity contribution in [1.82, 2.24) is 0 Å². The summed E-state index contributed by atoms with van der Waals surface area (Å²) in [6, 6.07) is 5.97. The van der Waals surface area contributed by atoms with E-state index in [4.69, 9.17) is 9.47 Å². The van der Waals surface area contributed by atoms with Crippen molar-refractivity contribution in [2.75, 3.05) is 6.61 Å². The average Bonchev–Trinajstić information content (AvgIpc) is 2.79. The van der Waals surface area contributed by atoms with Gasteiger partial charge in [0.25, 0.3) is 0 Å². The molecule has 1 aliphatic heterocycles. The molecule has 1 aromatic rings. The molecular weight excluding hydrogens is 240 g/mol. The number of hydrogen-bond acceptors (Lipinski definition) is 3. The van der Waals surface area contributed by atoms with E-state index in [1.54, 1.807) is 6.08 Å². The van der Waals surface area contributed by atoms with Gasteiger partial charge < -0.3 is 9.47 Å². The summed E-state index contributed by atoms with van der Waals surface area (Å²) >= 11 is 0. The molecule has 19 heavy (non-hydrogen) atoms. The van der Waals surface area contributed by atoms with E-state index in [1.807, 2.05) is 19.1 Å². The topological polar surface area (TPSA) is 35.5 Å². The Bertz CT molecular complexity index is 547. The molecule has 1 aliphatic carbocycles. The number of ether oxygens (including phenoxy) is 2. The van der Waals surface area contributed by atoms with Crippen LogP contribution in [-0.4, -0.2) is 18.2 Å². The van der Waals surface area contributed by atoms with Crippen LogP contribution >= 0.6 is 0 Å². The van der Waals surface area contributed by atoms with Gasteiger partial charge in [0.1, 0.15) is 11.4 Å². The second-order valence-electron chi connectivity index (χ2n) is 5.64. The first-order chi connectivity index (χ1) is 9.07. The Labute approximate surface area is 113 Å². The number of esters is 1. The highest BCUT2D eigenvalue weighted by atomic mass is 16.6. The molecule has 0 N–H and O–H groups in total. The van der Waals surface area contributed by atoms with Gasteiger partial charge >= 0.3 is 5.97 Å². The van der Waals surface area contributed by atoms with Crippen LogP contribution in [0, 0.1) is 5.92 Å². The summed E-state index contributed by atoms with van der Waals surface area (Å²) in [7, 11) is 0. The Morgan fingerprint density at radius 2 is 2.32 bits per heavy atom. The molecule has 2 atom stereocenters. The predicted molar refractivity (Wildman–Crippen MR) is 73.0 cm³/mol. The molecule has 0 radical (unpaired) electrons. The Morgan fingerprint density at radius 1 is 1.53 bits per heavy atom. The number of fused-ring (bicyclic) bond motifs is 1. The summed E-state index contributed by atoms with van der Waals surface area (Å²) in [5.74, 6) is 1.17. The highest BCUT2D eigenvalue weighted by Gasteiger charge is 2.50. The van der Waals surface area contributed by atoms with Crippen LogP contribution in [0.15, 0.2) is 24.3 Å². The third kappa shape index (κ3) is 2.50. The summed E-state index contributed by atoms with van der Waals surface area (Å²) < 4.78 is 10.9. The maximum absolute atomic E-state index is 11.7. The van der Waals surface area contributed by atoms with Gasteiger partial charge in [0.05, 0.1) is 6.61 Å². The molecule has 1 heterocycles. The number of rotatable bonds is 3. The molecule has 2 unspecified atom stereocenters. The van der Waals surface area contributed by atoms with E-state index in [0.717, 1.165) is 30.8 Å². The molecule has 2 aliphatic rings. The van der Waals surface area contributed by atoms with Crippen molar-refractivity contribution in [3.05, 3.63) is 35.4 Å². The lowest BCUT2D eigenvalue weighted by molar-refractivity contribution is -0.144. The zero-order chi connectivity index (χ0) is 13.5. The van der Waals surface area contributed by atoms with Crippen molar-refractivity contribution >= 4 is 12.0 Å². The highest BCUT2D eigenvalue weighted by Crippen LogP contribution is 2.46. The molecule has 0 amide bonds. The van der Waals surface area contributed by atoms with Crippen molar-refractivity contribution in [3.8, 4) is 5.75 Å². The minimum atomic E-state index is -0.261. The number of hydrogen-bond donors (Lipinski definition) is 0. The minimum Gasteiger partial charge on any atom is -0.493 e. The molecule has 1 aromatic carbocycles. The van der Waals surface area contributed by atoms with Crippen molar-refractivity contribution in [2.24, 2.45) is 5.92 Å². The average molecular weight is 258 g/mol. The first-order valence-electron chi connectivity index (χ1n) is 6.74. The maximum Gasteiger partial charge on any atom is 0.331 e. The quantitative estimate of drug-likeness (QED) is 0.617. The van der Waals surface area contributed by atoms with E-state index in [2.05, 4.69) is 13.0 Å². The summed E-state index contributed by atoms with van der Waals surface area (Å²) in [5, 5.41) is 0. The zero-order valence-electron chi connectivity index (χ0n) is 11.3. The van der Waals surface area contributed by atoms with Gasteiger partial charge in [0.15, 0.2) is 0 Å². The van der Waals surface area contributed by atoms with Gasteiger partial charge in [-0.25, -0.2) is 4.79 Å². The van der Waals surface area contributed by atoms with Crippen LogP contribution in [0.3, 0.4) is 0 Å². The summed E-state index contributed by atoms with van der Waals surface area (Å²) in [6.45, 7) is 4.83. The lowest BCUT2D eigenvalue weighted by Gasteiger charge is -2.09. The van der Waals surface area contributed by atoms with Crippen molar-refractivity contribution < 1.29 is 14.3 Å². The third-order valence-electron chi connectivity index (χ3n) is 4.05. The van der Waals surface area contributed by atoms with Gasteiger partial charge in [-0.3, -0.25) is 0 Å². The maximum atomic E-state index is 11.7. The molecule has 100 valence electrons. The summed E-state index contributed by atoms with van der Waals surface area (Å²) in [4.78, 5) is 11.7. The van der Waals surface area contributed by atoms with E-state index in [0.29, 0.717) is 5.92 Å². The van der Waals surface area contributed by atoms with Gasteiger partial charge in [0, 0.05) is 12.5 Å². The number of carbonyl (C=O) groups is 1. The fourth-order valence-electron chi connectivity index (χ4n) is 2.43. The van der Waals surface area contributed by atoms with Gasteiger partial charge in [-0.15, -0.1) is 0 Å². The Morgan fingerprint density at radius 3 is 3.05 bits per heavy atom. The minimum absolute atomic E-state index is 0.243. The second-order valence-corrected chi connectivity index (χ2v) is 5.64. The van der Waals surface area contributed by atoms with Crippen molar-refractivity contribution in [1.29, 1.82) is 0 Å². The molecule has 1 fully saturated rings. The Balaban J connectivity index is 1.64. The molecule has 1 saturated carbocycles. The van der Waals surface area contributed by atoms with Gasteiger partial charge in [-0.1, -0.05) is 13.0 Å². The van der Waals surface area contributed by atoms with E-state index >= 15 is 0 Å². The number of carbonyl (C=O) groups excluding carboxylic acids is 1. The lowest BCUT2D eigenvalue weighted by atomic mass is 10.1. The fourth-order valence-corrected chi connectivity index (χ4v) is 2.43. The molecule has 0 aromatic heterocycles. The molecule has 3 nitrogen and oxygen atoms in total. The van der Waals surface area contributed by atoms with E-state index in [1.165, 1.54) is 11.6 Å². The monoisotopic (exact) mass is 258 g/mol. The van der Waals surface area contributed by atoms with Crippen molar-refractivity contribution in [2.45, 2.75) is 32.3 Å². The van der Waals surface area contributed by atoms with Crippen LogP contribution in [0.2, 0.25) is 0 Å². The van der Waals surface area contributed by atoms with Crippen LogP contribution in [0.25, 0.3) is 6.08 Å². The molecule has 3 rings (SSSR count). The molecule has 0 spiro atoms. The second kappa shape index (κ2) is 4.41. The first-order valence-corrected chi connectivity index (χ1v) is 6.74. The largest absolute Gasteiger partial charge is 0.493 e. The van der Waals surface area contributed by atoms with Gasteiger partial charge in [-0.05, 0) is 48.6 Å². The van der Waals surface area contributed by atoms with Crippen molar-refractivity contribution in [3.63, 3.8) is 0 Å². The predicted octanol–water partition coefficient (Wildman–Crippen LogP) is 2.98. The van der Waals surface area contributed by atoms with Crippen LogP contribution in [0.1, 0.15) is 31.4 Å². The molecule has 3 heteroatoms. The van der Waals surface area contributed by atoms with E-state index < -0.39 is 0 Å². The molecule has 0 bridgehead atoms. The van der Waals surface area contributed by atoms with Gasteiger partial charge in [0.2, 0.25) is 0 Å². The van der Waals surface area contributed by atoms with Crippen LogP contribution < -0.4 is 4.74 Å². The SMILES string of the molecule is CC1CC1(C)OC(=O)C=Cc1ccc2c(c1)CCO2. The van der Waals surface area contributed by atoms with E-state index in [9.17, 15) is 4.79 Å². The Kier molecular flexibility index (Phi) is 2.85. The molecule has 0 saturated heterocycles. The third-order valence-corrected chi connectivity index (χ3v) is 4.05. The first kappa shape index (κ1) is 12.3. The molecular formula is C16H18O3. The lowest BCUT2D eigenvalue weighted by Crippen LogP contribution is -2.15. The van der Waals surface area contributed by atoms with Crippen LogP contribution in [-0.2, 0) is 16.0 Å². The van der Waals surface area contributed by atoms with Crippen LogP contribution in [0.5, 0.6) is 5.75 Å². The van der Waals surface area contributed by atoms with E-state index in [-0.39, 0.29) is 11.6 Å². The zero-order valence-corrected chi connectivity index (χ0v) is 11.3. The smallest absolute Gasteiger partial charge is 0.331 e. The Hall–Kier alpha value is -1.77. The normalized spacial score (nSPS) is 28.0. The fraction of sp³-hybridized carbons (Fsp3) is 0.438. The standard InChI is InChI=1S/C16H18O3/c1-11-10-16(11,2)19-15(17)6-4-12-3-5-14-13(9-12)7-8-18-14/h3-6,9,11H,7-8,10H2,1-2H3.